The lowest BCUT2D eigenvalue weighted by atomic mass is 9.93. The Balaban J connectivity index is 2.13. The van der Waals surface area contributed by atoms with E-state index in [1.54, 1.807) is 0 Å². The second-order valence-electron chi connectivity index (χ2n) is 5.87. The van der Waals surface area contributed by atoms with Crippen molar-refractivity contribution < 1.29 is 9.95 Å². The molecule has 0 amide bonds. The molecule has 114 valence electrons. The Hall–Kier alpha value is -1.69. The first-order chi connectivity index (χ1) is 10.4. The van der Waals surface area contributed by atoms with Gasteiger partial charge in [0.1, 0.15) is 5.54 Å². The molecule has 0 fully saturated rings. The minimum atomic E-state index is -0.777. The fourth-order valence-corrected chi connectivity index (χ4v) is 3.16. The Labute approximate surface area is 138 Å². The van der Waals surface area contributed by atoms with E-state index in [0.717, 1.165) is 25.4 Å². The monoisotopic (exact) mass is 360 g/mol. The molecule has 0 saturated heterocycles. The molecule has 1 heterocycles. The van der Waals surface area contributed by atoms with Crippen molar-refractivity contribution in [3.05, 3.63) is 75.4 Å². The number of rotatable bonds is 2. The molecule has 2 aromatic rings. The molecule has 0 aliphatic carbocycles. The largest absolute Gasteiger partial charge is 0.622 e. The summed E-state index contributed by atoms with van der Waals surface area (Å²) in [5, 5.41) is 24.6. The minimum Gasteiger partial charge on any atom is -0.622 e. The number of hydrogen-bond acceptors (Lipinski definition) is 3. The molecule has 3 rings (SSSR count). The van der Waals surface area contributed by atoms with Crippen molar-refractivity contribution in [1.29, 1.82) is 0 Å². The van der Waals surface area contributed by atoms with Gasteiger partial charge < -0.3 is 10.4 Å². The lowest BCUT2D eigenvalue weighted by Gasteiger charge is -2.25. The van der Waals surface area contributed by atoms with Crippen molar-refractivity contribution >= 4 is 21.6 Å². The third-order valence-electron chi connectivity index (χ3n) is 4.04. The van der Waals surface area contributed by atoms with E-state index in [1.807, 2.05) is 68.4 Å². The molecular weight excluding hydrogens is 344 g/mol. The van der Waals surface area contributed by atoms with Gasteiger partial charge >= 0.3 is 0 Å². The summed E-state index contributed by atoms with van der Waals surface area (Å²) in [6.07, 6.45) is -0.752. The van der Waals surface area contributed by atoms with E-state index in [2.05, 4.69) is 15.9 Å². The summed E-state index contributed by atoms with van der Waals surface area (Å²) < 4.78 is 1.83. The van der Waals surface area contributed by atoms with Crippen LogP contribution in [-0.4, -0.2) is 26.3 Å². The van der Waals surface area contributed by atoms with Crippen molar-refractivity contribution in [2.24, 2.45) is 0 Å². The Morgan fingerprint density at radius 1 is 1.09 bits per heavy atom. The number of hydroxylamine groups is 3. The molecule has 1 unspecified atom stereocenters. The summed E-state index contributed by atoms with van der Waals surface area (Å²) in [7, 11) is 0. The average molecular weight is 361 g/mol. The maximum Gasteiger partial charge on any atom is 0.268 e. The molecule has 1 aliphatic rings. The first kappa shape index (κ1) is 15.2. The van der Waals surface area contributed by atoms with Crippen LogP contribution in [0.1, 0.15) is 31.1 Å². The van der Waals surface area contributed by atoms with Gasteiger partial charge in [-0.15, -0.1) is 5.06 Å². The van der Waals surface area contributed by atoms with E-state index in [9.17, 15) is 10.4 Å². The Bertz CT molecular complexity index is 711. The standard InChI is InChI=1S/C17H17BrN2O2/c1-17(2)15(12-6-4-3-5-7-12)19(21)16(20(17)22)13-8-10-14(18)11-9-13/h3-11,16,22H,1-2H3. The van der Waals surface area contributed by atoms with Crippen LogP contribution in [0.3, 0.4) is 0 Å². The number of halogens is 1. The van der Waals surface area contributed by atoms with E-state index in [1.165, 1.54) is 0 Å². The lowest BCUT2D eigenvalue weighted by molar-refractivity contribution is -0.544. The normalized spacial score (nSPS) is 21.4. The van der Waals surface area contributed by atoms with Crippen molar-refractivity contribution in [2.75, 3.05) is 0 Å². The van der Waals surface area contributed by atoms with Gasteiger partial charge in [-0.3, -0.25) is 0 Å². The van der Waals surface area contributed by atoms with E-state index in [0.29, 0.717) is 5.71 Å². The molecule has 0 bridgehead atoms. The topological polar surface area (TPSA) is 49.5 Å². The number of benzene rings is 2. The maximum atomic E-state index is 12.9. The molecule has 0 radical (unpaired) electrons. The van der Waals surface area contributed by atoms with Crippen LogP contribution in [0.5, 0.6) is 0 Å². The fraction of sp³-hybridized carbons (Fsp3) is 0.235. The van der Waals surface area contributed by atoms with Gasteiger partial charge in [0, 0.05) is 15.6 Å². The first-order valence-corrected chi connectivity index (χ1v) is 7.85. The van der Waals surface area contributed by atoms with Crippen LogP contribution in [-0.2, 0) is 0 Å². The Morgan fingerprint density at radius 3 is 2.27 bits per heavy atom. The Kier molecular flexibility index (Phi) is 3.80. The first-order valence-electron chi connectivity index (χ1n) is 7.06. The number of hydrogen-bond donors (Lipinski definition) is 1. The predicted octanol–water partition coefficient (Wildman–Crippen LogP) is 3.93. The minimum absolute atomic E-state index is 0.559. The quantitative estimate of drug-likeness (QED) is 0.651. The van der Waals surface area contributed by atoms with E-state index in [4.69, 9.17) is 0 Å². The van der Waals surface area contributed by atoms with E-state index < -0.39 is 11.7 Å². The van der Waals surface area contributed by atoms with Crippen LogP contribution in [0.25, 0.3) is 0 Å². The van der Waals surface area contributed by atoms with Crippen molar-refractivity contribution in [2.45, 2.75) is 25.6 Å². The number of nitrogens with zero attached hydrogens (tertiary/aromatic N) is 2. The highest BCUT2D eigenvalue weighted by molar-refractivity contribution is 9.10. The zero-order valence-corrected chi connectivity index (χ0v) is 14.0. The van der Waals surface area contributed by atoms with Crippen LogP contribution < -0.4 is 0 Å². The highest BCUT2D eigenvalue weighted by Gasteiger charge is 2.52. The average Bonchev–Trinajstić information content (AvgIpc) is 2.67. The van der Waals surface area contributed by atoms with Gasteiger partial charge in [0.15, 0.2) is 0 Å². The third kappa shape index (κ3) is 2.35. The molecule has 1 atom stereocenters. The smallest absolute Gasteiger partial charge is 0.268 e. The van der Waals surface area contributed by atoms with Gasteiger partial charge in [-0.05, 0) is 50.2 Å². The SMILES string of the molecule is CC1(C)C(c2ccccc2)=[N+]([O-])C(c2ccc(Br)cc2)N1O. The molecule has 0 spiro atoms. The maximum absolute atomic E-state index is 12.9. The van der Waals surface area contributed by atoms with Crippen molar-refractivity contribution in [1.82, 2.24) is 5.06 Å². The van der Waals surface area contributed by atoms with Crippen LogP contribution in [0.2, 0.25) is 0 Å². The summed E-state index contributed by atoms with van der Waals surface area (Å²) in [6, 6.07) is 16.9. The summed E-state index contributed by atoms with van der Waals surface area (Å²) >= 11 is 3.38. The molecule has 22 heavy (non-hydrogen) atoms. The van der Waals surface area contributed by atoms with Gasteiger partial charge in [0.25, 0.3) is 6.17 Å². The molecule has 4 nitrogen and oxygen atoms in total. The molecule has 1 N–H and O–H groups in total. The molecule has 5 heteroatoms. The van der Waals surface area contributed by atoms with Gasteiger partial charge in [0.05, 0.1) is 0 Å². The molecular formula is C17H17BrN2O2. The molecule has 0 aromatic heterocycles. The van der Waals surface area contributed by atoms with Crippen LogP contribution in [0, 0.1) is 5.21 Å². The summed E-state index contributed by atoms with van der Waals surface area (Å²) in [6.45, 7) is 3.69. The summed E-state index contributed by atoms with van der Waals surface area (Å²) in [5.41, 5.74) is 1.35. The van der Waals surface area contributed by atoms with E-state index in [-0.39, 0.29) is 0 Å². The predicted molar refractivity (Wildman–Crippen MR) is 88.8 cm³/mol. The van der Waals surface area contributed by atoms with Crippen LogP contribution in [0.15, 0.2) is 59.1 Å². The van der Waals surface area contributed by atoms with Gasteiger partial charge in [-0.2, -0.15) is 4.74 Å². The second-order valence-corrected chi connectivity index (χ2v) is 6.78. The van der Waals surface area contributed by atoms with Crippen LogP contribution >= 0.6 is 15.9 Å². The Morgan fingerprint density at radius 2 is 1.68 bits per heavy atom. The lowest BCUT2D eigenvalue weighted by Crippen LogP contribution is -2.44. The summed E-state index contributed by atoms with van der Waals surface area (Å²) in [4.78, 5) is 0. The zero-order chi connectivity index (χ0) is 15.9. The van der Waals surface area contributed by atoms with E-state index >= 15 is 0 Å². The van der Waals surface area contributed by atoms with Crippen molar-refractivity contribution in [3.63, 3.8) is 0 Å². The molecule has 1 aliphatic heterocycles. The fourth-order valence-electron chi connectivity index (χ4n) is 2.89. The molecule has 2 aromatic carbocycles. The molecule has 0 saturated carbocycles. The van der Waals surface area contributed by atoms with Crippen molar-refractivity contribution in [3.8, 4) is 0 Å². The highest BCUT2D eigenvalue weighted by atomic mass is 79.9. The van der Waals surface area contributed by atoms with Crippen LogP contribution in [0.4, 0.5) is 0 Å². The van der Waals surface area contributed by atoms with Gasteiger partial charge in [0.2, 0.25) is 5.71 Å². The third-order valence-corrected chi connectivity index (χ3v) is 4.57. The van der Waals surface area contributed by atoms with Gasteiger partial charge in [-0.25, -0.2) is 0 Å². The second kappa shape index (κ2) is 5.50. The highest BCUT2D eigenvalue weighted by Crippen LogP contribution is 2.36. The zero-order valence-electron chi connectivity index (χ0n) is 12.4. The summed E-state index contributed by atoms with van der Waals surface area (Å²) in [5.74, 6) is 0. The van der Waals surface area contributed by atoms with Gasteiger partial charge in [-0.1, -0.05) is 34.1 Å².